The highest BCUT2D eigenvalue weighted by Gasteiger charge is 2.57. The van der Waals surface area contributed by atoms with Crippen LogP contribution < -0.4 is 5.73 Å². The van der Waals surface area contributed by atoms with E-state index < -0.39 is 0 Å². The normalized spacial score (nSPS) is 45.6. The maximum Gasteiger partial charge on any atom is 0.0210 e. The van der Waals surface area contributed by atoms with E-state index in [1.165, 1.54) is 50.6 Å². The van der Waals surface area contributed by atoms with Gasteiger partial charge in [0.2, 0.25) is 0 Å². The van der Waals surface area contributed by atoms with Crippen molar-refractivity contribution in [2.75, 3.05) is 6.54 Å². The molecule has 3 N–H and O–H groups in total. The van der Waals surface area contributed by atoms with Gasteiger partial charge in [-0.25, -0.2) is 0 Å². The van der Waals surface area contributed by atoms with Gasteiger partial charge >= 0.3 is 0 Å². The van der Waals surface area contributed by atoms with E-state index in [-0.39, 0.29) is 0 Å². The Morgan fingerprint density at radius 1 is 1.22 bits per heavy atom. The lowest BCUT2D eigenvalue weighted by Crippen LogP contribution is -2.54. The third-order valence-corrected chi connectivity index (χ3v) is 6.03. The lowest BCUT2D eigenvalue weighted by molar-refractivity contribution is -0.0761. The molecule has 1 aromatic rings. The van der Waals surface area contributed by atoms with Crippen molar-refractivity contribution in [1.82, 2.24) is 4.98 Å². The molecule has 0 saturated heterocycles. The summed E-state index contributed by atoms with van der Waals surface area (Å²) in [6.07, 6.45) is 12.0. The topological polar surface area (TPSA) is 41.8 Å². The first-order chi connectivity index (χ1) is 8.74. The van der Waals surface area contributed by atoms with Gasteiger partial charge in [-0.3, -0.25) is 0 Å². The molecule has 2 nitrogen and oxygen atoms in total. The molecule has 1 heterocycles. The second-order valence-corrected chi connectivity index (χ2v) is 7.36. The van der Waals surface area contributed by atoms with Crippen molar-refractivity contribution in [3.63, 3.8) is 0 Å². The molecule has 4 saturated carbocycles. The molecule has 0 aromatic carbocycles. The van der Waals surface area contributed by atoms with Gasteiger partial charge in [0.15, 0.2) is 0 Å². The van der Waals surface area contributed by atoms with Crippen LogP contribution in [0, 0.1) is 17.3 Å². The number of aromatic amines is 1. The van der Waals surface area contributed by atoms with Gasteiger partial charge < -0.3 is 10.7 Å². The van der Waals surface area contributed by atoms with Crippen molar-refractivity contribution < 1.29 is 0 Å². The van der Waals surface area contributed by atoms with Crippen LogP contribution in [0.1, 0.15) is 50.6 Å². The van der Waals surface area contributed by atoms with Crippen molar-refractivity contribution in [2.45, 2.75) is 50.4 Å². The lowest BCUT2D eigenvalue weighted by Gasteiger charge is -2.62. The van der Waals surface area contributed by atoms with Gasteiger partial charge in [0.25, 0.3) is 0 Å². The third kappa shape index (κ3) is 1.45. The minimum atomic E-state index is 0.475. The van der Waals surface area contributed by atoms with Crippen LogP contribution in [-0.4, -0.2) is 11.5 Å². The molecule has 98 valence electrons. The smallest absolute Gasteiger partial charge is 0.0210 e. The van der Waals surface area contributed by atoms with Gasteiger partial charge in [-0.2, -0.15) is 0 Å². The highest BCUT2D eigenvalue weighted by atomic mass is 14.8. The lowest BCUT2D eigenvalue weighted by atomic mass is 9.43. The number of H-pyrrole nitrogens is 1. The molecule has 0 amide bonds. The Labute approximate surface area is 109 Å². The van der Waals surface area contributed by atoms with Crippen LogP contribution in [0.4, 0.5) is 0 Å². The summed E-state index contributed by atoms with van der Waals surface area (Å²) in [6, 6.07) is 4.49. The molecule has 0 spiro atoms. The molecule has 4 fully saturated rings. The highest BCUT2D eigenvalue weighted by Crippen LogP contribution is 2.66. The molecule has 0 radical (unpaired) electrons. The van der Waals surface area contributed by atoms with E-state index in [4.69, 9.17) is 5.73 Å². The van der Waals surface area contributed by atoms with Gasteiger partial charge in [-0.1, -0.05) is 0 Å². The fraction of sp³-hybridized carbons (Fsp3) is 0.750. The Kier molecular flexibility index (Phi) is 2.24. The summed E-state index contributed by atoms with van der Waals surface area (Å²) >= 11 is 0. The predicted octanol–water partition coefficient (Wildman–Crippen LogP) is 3.20. The van der Waals surface area contributed by atoms with Gasteiger partial charge in [-0.05, 0) is 80.9 Å². The average molecular weight is 244 g/mol. The molecular weight excluding hydrogens is 220 g/mol. The number of aromatic nitrogens is 1. The van der Waals surface area contributed by atoms with E-state index in [0.717, 1.165) is 18.4 Å². The zero-order chi connectivity index (χ0) is 12.2. The van der Waals surface area contributed by atoms with Crippen molar-refractivity contribution in [3.8, 4) is 0 Å². The van der Waals surface area contributed by atoms with E-state index >= 15 is 0 Å². The van der Waals surface area contributed by atoms with Gasteiger partial charge in [-0.15, -0.1) is 0 Å². The van der Waals surface area contributed by atoms with Crippen LogP contribution in [0.3, 0.4) is 0 Å². The minimum Gasteiger partial charge on any atom is -0.365 e. The SMILES string of the molecule is NCCC12CC3CC(C1)CC(c1ccc[nH]1)(C3)C2. The molecule has 0 aliphatic heterocycles. The summed E-state index contributed by atoms with van der Waals surface area (Å²) < 4.78 is 0. The molecule has 2 unspecified atom stereocenters. The van der Waals surface area contributed by atoms with Gasteiger partial charge in [0.1, 0.15) is 0 Å². The number of rotatable bonds is 3. The van der Waals surface area contributed by atoms with Crippen LogP contribution >= 0.6 is 0 Å². The van der Waals surface area contributed by atoms with E-state index in [9.17, 15) is 0 Å². The Morgan fingerprint density at radius 2 is 2.00 bits per heavy atom. The van der Waals surface area contributed by atoms with Crippen molar-refractivity contribution in [2.24, 2.45) is 23.0 Å². The van der Waals surface area contributed by atoms with E-state index in [2.05, 4.69) is 23.3 Å². The van der Waals surface area contributed by atoms with Crippen LogP contribution in [0.2, 0.25) is 0 Å². The van der Waals surface area contributed by atoms with E-state index in [0.29, 0.717) is 10.8 Å². The maximum atomic E-state index is 5.90. The highest BCUT2D eigenvalue weighted by molar-refractivity contribution is 5.25. The quantitative estimate of drug-likeness (QED) is 0.842. The van der Waals surface area contributed by atoms with Crippen molar-refractivity contribution >= 4 is 0 Å². The molecule has 4 bridgehead atoms. The first-order valence-electron chi connectivity index (χ1n) is 7.58. The molecule has 2 heteroatoms. The summed E-state index contributed by atoms with van der Waals surface area (Å²) in [7, 11) is 0. The number of hydrogen-bond acceptors (Lipinski definition) is 1. The Hall–Kier alpha value is -0.760. The van der Waals surface area contributed by atoms with Crippen molar-refractivity contribution in [3.05, 3.63) is 24.0 Å². The first kappa shape index (κ1) is 11.1. The Morgan fingerprint density at radius 3 is 2.61 bits per heavy atom. The summed E-state index contributed by atoms with van der Waals surface area (Å²) in [5, 5.41) is 0. The van der Waals surface area contributed by atoms with Crippen LogP contribution in [0.5, 0.6) is 0 Å². The van der Waals surface area contributed by atoms with E-state index in [1.54, 1.807) is 0 Å². The zero-order valence-corrected chi connectivity index (χ0v) is 11.1. The first-order valence-corrected chi connectivity index (χ1v) is 7.58. The Balaban J connectivity index is 1.74. The minimum absolute atomic E-state index is 0.475. The van der Waals surface area contributed by atoms with E-state index in [1.807, 2.05) is 0 Å². The molecular formula is C16H24N2. The van der Waals surface area contributed by atoms with Crippen molar-refractivity contribution in [1.29, 1.82) is 0 Å². The largest absolute Gasteiger partial charge is 0.365 e. The van der Waals surface area contributed by atoms with Gasteiger partial charge in [0.05, 0.1) is 0 Å². The summed E-state index contributed by atoms with van der Waals surface area (Å²) in [4.78, 5) is 3.52. The van der Waals surface area contributed by atoms with Crippen LogP contribution in [0.25, 0.3) is 0 Å². The molecule has 2 atom stereocenters. The van der Waals surface area contributed by atoms with Crippen LogP contribution in [0.15, 0.2) is 18.3 Å². The van der Waals surface area contributed by atoms with Crippen LogP contribution in [-0.2, 0) is 5.41 Å². The predicted molar refractivity (Wildman–Crippen MR) is 73.3 cm³/mol. The number of nitrogens with one attached hydrogen (secondary N) is 1. The maximum absolute atomic E-state index is 5.90. The molecule has 18 heavy (non-hydrogen) atoms. The molecule has 1 aromatic heterocycles. The average Bonchev–Trinajstić information content (AvgIpc) is 2.80. The molecule has 4 aliphatic carbocycles. The number of nitrogens with two attached hydrogens (primary N) is 1. The second-order valence-electron chi connectivity index (χ2n) is 7.36. The standard InChI is InChI=1S/C16H24N2/c17-4-3-15-7-12-6-13(8-15)10-16(9-12,11-15)14-2-1-5-18-14/h1-2,5,12-13,18H,3-4,6-11,17H2. The summed E-state index contributed by atoms with van der Waals surface area (Å²) in [6.45, 7) is 0.875. The Bertz CT molecular complexity index is 420. The second kappa shape index (κ2) is 3.63. The summed E-state index contributed by atoms with van der Waals surface area (Å²) in [5.41, 5.74) is 8.48. The number of hydrogen-bond donors (Lipinski definition) is 2. The zero-order valence-electron chi connectivity index (χ0n) is 11.1. The third-order valence-electron chi connectivity index (χ3n) is 6.03. The molecule has 5 rings (SSSR count). The van der Waals surface area contributed by atoms with Gasteiger partial charge in [0, 0.05) is 17.3 Å². The molecule has 4 aliphatic rings. The monoisotopic (exact) mass is 244 g/mol. The fourth-order valence-electron chi connectivity index (χ4n) is 6.03. The fourth-order valence-corrected chi connectivity index (χ4v) is 6.03. The summed E-state index contributed by atoms with van der Waals surface area (Å²) in [5.74, 6) is 1.95.